The summed E-state index contributed by atoms with van der Waals surface area (Å²) in [6.07, 6.45) is -3.82. The molecule has 0 saturated heterocycles. The number of halogens is 3. The van der Waals surface area contributed by atoms with Crippen LogP contribution in [0.15, 0.2) is 5.38 Å². The number of rotatable bonds is 2. The van der Waals surface area contributed by atoms with Gasteiger partial charge in [-0.05, 0) is 13.3 Å². The van der Waals surface area contributed by atoms with Gasteiger partial charge in [-0.25, -0.2) is 4.98 Å². The molecule has 14 heavy (non-hydrogen) atoms. The number of nitrogens with zero attached hydrogens (tertiary/aromatic N) is 1. The van der Waals surface area contributed by atoms with Crippen LogP contribution in [0.1, 0.15) is 31.0 Å². The van der Waals surface area contributed by atoms with Gasteiger partial charge in [-0.1, -0.05) is 6.92 Å². The first-order valence-electron chi connectivity index (χ1n) is 4.09. The van der Waals surface area contributed by atoms with E-state index in [4.69, 9.17) is 5.73 Å². The van der Waals surface area contributed by atoms with Crippen LogP contribution in [-0.2, 0) is 11.7 Å². The van der Waals surface area contributed by atoms with Crippen molar-refractivity contribution in [2.24, 2.45) is 5.73 Å². The first-order chi connectivity index (χ1) is 6.27. The molecule has 0 bridgehead atoms. The van der Waals surface area contributed by atoms with Crippen molar-refractivity contribution < 1.29 is 13.2 Å². The van der Waals surface area contributed by atoms with Gasteiger partial charge in [0.2, 0.25) is 0 Å². The molecule has 1 aromatic rings. The van der Waals surface area contributed by atoms with Crippen LogP contribution < -0.4 is 5.73 Å². The predicted octanol–water partition coefficient (Wildman–Crippen LogP) is 2.75. The Labute approximate surface area is 84.0 Å². The Morgan fingerprint density at radius 1 is 1.50 bits per heavy atom. The third kappa shape index (κ3) is 2.24. The molecule has 0 aliphatic carbocycles. The zero-order valence-corrected chi connectivity index (χ0v) is 8.67. The lowest BCUT2D eigenvalue weighted by Gasteiger charge is -2.19. The van der Waals surface area contributed by atoms with Crippen molar-refractivity contribution in [2.75, 3.05) is 0 Å². The lowest BCUT2D eigenvalue weighted by atomic mass is 9.97. The minimum atomic E-state index is -4.37. The van der Waals surface area contributed by atoms with Crippen LogP contribution in [0.4, 0.5) is 13.2 Å². The van der Waals surface area contributed by atoms with Gasteiger partial charge in [0, 0.05) is 5.38 Å². The summed E-state index contributed by atoms with van der Waals surface area (Å²) in [4.78, 5) is 3.49. The number of aromatic nitrogens is 1. The van der Waals surface area contributed by atoms with Crippen LogP contribution in [-0.4, -0.2) is 4.98 Å². The number of alkyl halides is 3. The maximum absolute atomic E-state index is 12.2. The molecular weight excluding hydrogens is 213 g/mol. The molecule has 6 heteroatoms. The Bertz CT molecular complexity index is 317. The van der Waals surface area contributed by atoms with Crippen molar-refractivity contribution in [3.05, 3.63) is 16.1 Å². The van der Waals surface area contributed by atoms with Crippen molar-refractivity contribution in [1.29, 1.82) is 0 Å². The Morgan fingerprint density at radius 3 is 2.43 bits per heavy atom. The Morgan fingerprint density at radius 2 is 2.07 bits per heavy atom. The molecule has 1 atom stereocenters. The zero-order valence-electron chi connectivity index (χ0n) is 7.85. The first-order valence-corrected chi connectivity index (χ1v) is 4.97. The average Bonchev–Trinajstić information content (AvgIpc) is 2.51. The Hall–Kier alpha value is -0.620. The van der Waals surface area contributed by atoms with Gasteiger partial charge >= 0.3 is 6.18 Å². The van der Waals surface area contributed by atoms with Gasteiger partial charge in [-0.2, -0.15) is 13.2 Å². The number of thiazole rings is 1. The Kier molecular flexibility index (Phi) is 2.87. The van der Waals surface area contributed by atoms with Gasteiger partial charge in [0.15, 0.2) is 5.01 Å². The highest BCUT2D eigenvalue weighted by atomic mass is 32.1. The van der Waals surface area contributed by atoms with Gasteiger partial charge < -0.3 is 5.73 Å². The van der Waals surface area contributed by atoms with Crippen molar-refractivity contribution in [2.45, 2.75) is 32.0 Å². The van der Waals surface area contributed by atoms with E-state index in [1.165, 1.54) is 5.38 Å². The lowest BCUT2D eigenvalue weighted by molar-refractivity contribution is -0.137. The van der Waals surface area contributed by atoms with Crippen molar-refractivity contribution in [3.8, 4) is 0 Å². The van der Waals surface area contributed by atoms with E-state index in [0.717, 1.165) is 0 Å². The molecule has 0 amide bonds. The van der Waals surface area contributed by atoms with E-state index in [9.17, 15) is 13.2 Å². The fourth-order valence-electron chi connectivity index (χ4n) is 0.847. The Balaban J connectivity index is 3.00. The summed E-state index contributed by atoms with van der Waals surface area (Å²) >= 11 is 0.583. The van der Waals surface area contributed by atoms with Crippen LogP contribution >= 0.6 is 11.3 Å². The van der Waals surface area contributed by atoms with E-state index < -0.39 is 16.7 Å². The highest BCUT2D eigenvalue weighted by molar-refractivity contribution is 7.09. The largest absolute Gasteiger partial charge is 0.443 e. The molecule has 0 saturated carbocycles. The lowest BCUT2D eigenvalue weighted by Crippen LogP contribution is -2.32. The summed E-state index contributed by atoms with van der Waals surface area (Å²) in [7, 11) is 0. The highest BCUT2D eigenvalue weighted by Gasteiger charge is 2.36. The van der Waals surface area contributed by atoms with Crippen LogP contribution in [0.5, 0.6) is 0 Å². The van der Waals surface area contributed by atoms with E-state index >= 15 is 0 Å². The molecule has 1 heterocycles. The summed E-state index contributed by atoms with van der Waals surface area (Å²) in [6, 6.07) is 0. The second kappa shape index (κ2) is 3.51. The molecular formula is C8H11F3N2S. The minimum Gasteiger partial charge on any atom is -0.320 e. The molecule has 2 nitrogen and oxygen atoms in total. The molecule has 1 aromatic heterocycles. The maximum Gasteiger partial charge on any atom is 0.443 e. The third-order valence-corrected chi connectivity index (χ3v) is 2.95. The smallest absolute Gasteiger partial charge is 0.320 e. The highest BCUT2D eigenvalue weighted by Crippen LogP contribution is 2.34. The molecule has 0 aromatic carbocycles. The fourth-order valence-corrected chi connectivity index (χ4v) is 1.68. The first kappa shape index (κ1) is 11.5. The second-order valence-electron chi connectivity index (χ2n) is 3.31. The van der Waals surface area contributed by atoms with Crippen molar-refractivity contribution in [1.82, 2.24) is 4.98 Å². The summed E-state index contributed by atoms with van der Waals surface area (Å²) < 4.78 is 36.6. The quantitative estimate of drug-likeness (QED) is 0.838. The average molecular weight is 224 g/mol. The number of hydrogen-bond donors (Lipinski definition) is 1. The molecule has 1 rings (SSSR count). The normalized spacial score (nSPS) is 16.7. The maximum atomic E-state index is 12.2. The summed E-state index contributed by atoms with van der Waals surface area (Å²) in [5.41, 5.74) is 5.30. The van der Waals surface area contributed by atoms with Crippen LogP contribution in [0.2, 0.25) is 0 Å². The predicted molar refractivity (Wildman–Crippen MR) is 48.9 cm³/mol. The van der Waals surface area contributed by atoms with Crippen LogP contribution in [0.3, 0.4) is 0 Å². The van der Waals surface area contributed by atoms with Crippen LogP contribution in [0, 0.1) is 0 Å². The van der Waals surface area contributed by atoms with Gasteiger partial charge in [0.1, 0.15) is 0 Å². The molecule has 2 N–H and O–H groups in total. The third-order valence-electron chi connectivity index (χ3n) is 2.07. The van der Waals surface area contributed by atoms with Gasteiger partial charge in [-0.3, -0.25) is 0 Å². The van der Waals surface area contributed by atoms with Gasteiger partial charge in [-0.15, -0.1) is 11.3 Å². The second-order valence-corrected chi connectivity index (χ2v) is 4.16. The van der Waals surface area contributed by atoms with E-state index in [0.29, 0.717) is 23.5 Å². The van der Waals surface area contributed by atoms with E-state index in [1.807, 2.05) is 6.92 Å². The van der Waals surface area contributed by atoms with E-state index in [2.05, 4.69) is 4.98 Å². The topological polar surface area (TPSA) is 38.9 Å². The molecule has 0 spiro atoms. The van der Waals surface area contributed by atoms with Crippen molar-refractivity contribution >= 4 is 11.3 Å². The molecule has 0 radical (unpaired) electrons. The molecule has 0 aliphatic heterocycles. The van der Waals surface area contributed by atoms with Gasteiger partial charge in [0.05, 0.1) is 11.2 Å². The van der Waals surface area contributed by atoms with E-state index in [-0.39, 0.29) is 0 Å². The minimum absolute atomic E-state index is 0.303. The number of nitrogens with two attached hydrogens (primary N) is 1. The molecule has 80 valence electrons. The fraction of sp³-hybridized carbons (Fsp3) is 0.625. The summed E-state index contributed by atoms with van der Waals surface area (Å²) in [6.45, 7) is 3.48. The zero-order chi connectivity index (χ0) is 11.0. The number of hydrogen-bond acceptors (Lipinski definition) is 3. The summed E-state index contributed by atoms with van der Waals surface area (Å²) in [5.74, 6) is 0. The molecule has 1 unspecified atom stereocenters. The van der Waals surface area contributed by atoms with E-state index in [1.54, 1.807) is 6.92 Å². The standard InChI is InChI=1S/C8H11F3N2S/c1-3-7(2,12)5-4-14-6(13-5)8(9,10)11/h4H,3,12H2,1-2H3. The van der Waals surface area contributed by atoms with Crippen molar-refractivity contribution in [3.63, 3.8) is 0 Å². The SMILES string of the molecule is CCC(C)(N)c1csc(C(F)(F)F)n1. The molecule has 0 fully saturated rings. The van der Waals surface area contributed by atoms with Crippen LogP contribution in [0.25, 0.3) is 0 Å². The molecule has 0 aliphatic rings. The van der Waals surface area contributed by atoms with Gasteiger partial charge in [0.25, 0.3) is 0 Å². The monoisotopic (exact) mass is 224 g/mol. The summed E-state index contributed by atoms with van der Waals surface area (Å²) in [5, 5.41) is 0.532.